The Morgan fingerprint density at radius 2 is 2.15 bits per heavy atom. The molecule has 3 aromatic rings. The highest BCUT2D eigenvalue weighted by molar-refractivity contribution is 6.11. The topological polar surface area (TPSA) is 78.5 Å². The number of nitrogens with one attached hydrogen (secondary N) is 1. The van der Waals surface area contributed by atoms with Gasteiger partial charge in [-0.3, -0.25) is 14.6 Å². The standard InChI is InChI=1S/C20H20N4O3/c1-4-23-18-14(10-22-19-17(18)5-6-21-19)11-24(20(23)26)15-7-13(12(2)25)8-16(9-15)27-3/h5-10H,4,11H2,1-3H3,(H,21,22). The number of aromatic amines is 1. The molecular formula is C20H20N4O3. The molecule has 7 heteroatoms. The number of carbonyl (C=O) groups excluding carboxylic acids is 2. The first-order valence-electron chi connectivity index (χ1n) is 8.77. The third-order valence-electron chi connectivity index (χ3n) is 4.86. The van der Waals surface area contributed by atoms with E-state index in [1.54, 1.807) is 41.3 Å². The summed E-state index contributed by atoms with van der Waals surface area (Å²) in [7, 11) is 1.54. The Bertz CT molecular complexity index is 1060. The van der Waals surface area contributed by atoms with E-state index in [2.05, 4.69) is 9.97 Å². The number of hydrogen-bond acceptors (Lipinski definition) is 4. The Hall–Kier alpha value is -3.35. The van der Waals surface area contributed by atoms with Crippen molar-refractivity contribution in [2.75, 3.05) is 23.5 Å². The van der Waals surface area contributed by atoms with Gasteiger partial charge in [0, 0.05) is 41.5 Å². The highest BCUT2D eigenvalue weighted by atomic mass is 16.5. The second-order valence-corrected chi connectivity index (χ2v) is 6.46. The summed E-state index contributed by atoms with van der Waals surface area (Å²) in [5.74, 6) is 0.460. The minimum absolute atomic E-state index is 0.0805. The highest BCUT2D eigenvalue weighted by Gasteiger charge is 2.32. The zero-order valence-electron chi connectivity index (χ0n) is 15.4. The second kappa shape index (κ2) is 6.42. The maximum atomic E-state index is 13.3. The molecule has 0 aliphatic carbocycles. The van der Waals surface area contributed by atoms with Gasteiger partial charge in [-0.25, -0.2) is 9.78 Å². The monoisotopic (exact) mass is 364 g/mol. The number of ether oxygens (including phenoxy) is 1. The molecule has 3 heterocycles. The van der Waals surface area contributed by atoms with Crippen LogP contribution < -0.4 is 14.5 Å². The third kappa shape index (κ3) is 2.71. The van der Waals surface area contributed by atoms with Crippen molar-refractivity contribution in [1.82, 2.24) is 9.97 Å². The SMILES string of the molecule is CCN1C(=O)N(c2cc(OC)cc(C(C)=O)c2)Cc2cnc3[nH]ccc3c21. The summed E-state index contributed by atoms with van der Waals surface area (Å²) in [4.78, 5) is 36.1. The number of fused-ring (bicyclic) bond motifs is 3. The number of Topliss-reactive ketones (excluding diaryl/α,β-unsaturated/α-hetero) is 1. The van der Waals surface area contributed by atoms with E-state index in [0.717, 1.165) is 22.3 Å². The van der Waals surface area contributed by atoms with Crippen molar-refractivity contribution in [1.29, 1.82) is 0 Å². The molecule has 0 unspecified atom stereocenters. The fraction of sp³-hybridized carbons (Fsp3) is 0.250. The fourth-order valence-corrected chi connectivity index (χ4v) is 3.50. The first kappa shape index (κ1) is 17.1. The zero-order chi connectivity index (χ0) is 19.1. The maximum absolute atomic E-state index is 13.3. The number of hydrogen-bond donors (Lipinski definition) is 1. The Morgan fingerprint density at radius 1 is 1.33 bits per heavy atom. The predicted octanol–water partition coefficient (Wildman–Crippen LogP) is 3.74. The van der Waals surface area contributed by atoms with E-state index in [9.17, 15) is 9.59 Å². The van der Waals surface area contributed by atoms with Crippen molar-refractivity contribution < 1.29 is 14.3 Å². The van der Waals surface area contributed by atoms with E-state index >= 15 is 0 Å². The lowest BCUT2D eigenvalue weighted by Crippen LogP contribution is -2.47. The lowest BCUT2D eigenvalue weighted by Gasteiger charge is -2.37. The molecule has 0 spiro atoms. The number of ketones is 1. The van der Waals surface area contributed by atoms with Crippen LogP contribution in [0.3, 0.4) is 0 Å². The van der Waals surface area contributed by atoms with Crippen molar-refractivity contribution in [3.8, 4) is 5.75 Å². The number of H-pyrrole nitrogens is 1. The first-order chi connectivity index (χ1) is 13.0. The number of methoxy groups -OCH3 is 1. The lowest BCUT2D eigenvalue weighted by atomic mass is 10.1. The lowest BCUT2D eigenvalue weighted by molar-refractivity contribution is 0.101. The minimum atomic E-state index is -0.138. The summed E-state index contributed by atoms with van der Waals surface area (Å²) in [5, 5.41) is 0.928. The molecule has 7 nitrogen and oxygen atoms in total. The molecule has 1 aliphatic rings. The average molecular weight is 364 g/mol. The maximum Gasteiger partial charge on any atom is 0.329 e. The molecule has 27 heavy (non-hydrogen) atoms. The van der Waals surface area contributed by atoms with Crippen LogP contribution in [0.1, 0.15) is 29.8 Å². The quantitative estimate of drug-likeness (QED) is 0.715. The van der Waals surface area contributed by atoms with Gasteiger partial charge in [-0.1, -0.05) is 0 Å². The number of amides is 2. The third-order valence-corrected chi connectivity index (χ3v) is 4.86. The smallest absolute Gasteiger partial charge is 0.329 e. The van der Waals surface area contributed by atoms with Gasteiger partial charge >= 0.3 is 6.03 Å². The van der Waals surface area contributed by atoms with Gasteiger partial charge < -0.3 is 9.72 Å². The van der Waals surface area contributed by atoms with Crippen LogP contribution in [-0.2, 0) is 6.54 Å². The Balaban J connectivity index is 1.85. The van der Waals surface area contributed by atoms with Crippen molar-refractivity contribution in [3.05, 3.63) is 47.8 Å². The first-order valence-corrected chi connectivity index (χ1v) is 8.77. The van der Waals surface area contributed by atoms with Gasteiger partial charge in [0.25, 0.3) is 0 Å². The fourth-order valence-electron chi connectivity index (χ4n) is 3.50. The molecule has 0 fully saturated rings. The summed E-state index contributed by atoms with van der Waals surface area (Å²) in [5.41, 5.74) is 3.73. The molecule has 0 saturated heterocycles. The van der Waals surface area contributed by atoms with Crippen LogP contribution in [0.2, 0.25) is 0 Å². The van der Waals surface area contributed by atoms with E-state index in [1.165, 1.54) is 6.92 Å². The van der Waals surface area contributed by atoms with E-state index in [1.807, 2.05) is 19.2 Å². The summed E-state index contributed by atoms with van der Waals surface area (Å²) in [6.45, 7) is 4.34. The second-order valence-electron chi connectivity index (χ2n) is 6.46. The number of benzene rings is 1. The van der Waals surface area contributed by atoms with Crippen molar-refractivity contribution in [3.63, 3.8) is 0 Å². The summed E-state index contributed by atoms with van der Waals surface area (Å²) < 4.78 is 5.32. The highest BCUT2D eigenvalue weighted by Crippen LogP contribution is 2.37. The number of pyridine rings is 1. The molecule has 0 radical (unpaired) electrons. The van der Waals surface area contributed by atoms with Gasteiger partial charge in [0.1, 0.15) is 11.4 Å². The van der Waals surface area contributed by atoms with Crippen LogP contribution in [0.5, 0.6) is 5.75 Å². The van der Waals surface area contributed by atoms with E-state index < -0.39 is 0 Å². The van der Waals surface area contributed by atoms with Gasteiger partial charge in [-0.05, 0) is 32.0 Å². The van der Waals surface area contributed by atoms with Gasteiger partial charge in [-0.15, -0.1) is 0 Å². The molecule has 1 aromatic carbocycles. The van der Waals surface area contributed by atoms with Crippen molar-refractivity contribution in [2.24, 2.45) is 0 Å². The zero-order valence-corrected chi connectivity index (χ0v) is 15.4. The molecular weight excluding hydrogens is 344 g/mol. The normalized spacial score (nSPS) is 13.8. The number of anilines is 2. The number of nitrogens with zero attached hydrogens (tertiary/aromatic N) is 3. The van der Waals surface area contributed by atoms with E-state index in [4.69, 9.17) is 4.74 Å². The molecule has 2 aromatic heterocycles. The minimum Gasteiger partial charge on any atom is -0.497 e. The number of urea groups is 1. The van der Waals surface area contributed by atoms with Crippen LogP contribution in [0.25, 0.3) is 11.0 Å². The number of aromatic nitrogens is 2. The van der Waals surface area contributed by atoms with Gasteiger partial charge in [-0.2, -0.15) is 0 Å². The Labute approximate surface area is 156 Å². The molecule has 0 atom stereocenters. The van der Waals surface area contributed by atoms with Crippen LogP contribution in [0, 0.1) is 0 Å². The van der Waals surface area contributed by atoms with Crippen LogP contribution in [-0.4, -0.2) is 35.4 Å². The average Bonchev–Trinajstić information content (AvgIpc) is 3.16. The van der Waals surface area contributed by atoms with Crippen molar-refractivity contribution in [2.45, 2.75) is 20.4 Å². The van der Waals surface area contributed by atoms with Gasteiger partial charge in [0.2, 0.25) is 0 Å². The van der Waals surface area contributed by atoms with Crippen molar-refractivity contribution >= 4 is 34.2 Å². The van der Waals surface area contributed by atoms with E-state index in [0.29, 0.717) is 30.1 Å². The van der Waals surface area contributed by atoms with Crippen LogP contribution >= 0.6 is 0 Å². The molecule has 1 N–H and O–H groups in total. The molecule has 138 valence electrons. The molecule has 0 bridgehead atoms. The molecule has 0 saturated carbocycles. The Morgan fingerprint density at radius 3 is 2.85 bits per heavy atom. The summed E-state index contributed by atoms with van der Waals surface area (Å²) in [6, 6.07) is 6.97. The summed E-state index contributed by atoms with van der Waals surface area (Å²) >= 11 is 0. The predicted molar refractivity (Wildman–Crippen MR) is 104 cm³/mol. The largest absolute Gasteiger partial charge is 0.497 e. The van der Waals surface area contributed by atoms with Gasteiger partial charge in [0.15, 0.2) is 5.78 Å². The number of carbonyl (C=O) groups is 2. The number of rotatable bonds is 4. The Kier molecular flexibility index (Phi) is 4.07. The molecule has 4 rings (SSSR count). The van der Waals surface area contributed by atoms with Crippen LogP contribution in [0.15, 0.2) is 36.7 Å². The molecule has 1 aliphatic heterocycles. The summed E-state index contributed by atoms with van der Waals surface area (Å²) in [6.07, 6.45) is 3.62. The molecule has 2 amide bonds. The van der Waals surface area contributed by atoms with Gasteiger partial charge in [0.05, 0.1) is 25.0 Å². The van der Waals surface area contributed by atoms with Crippen LogP contribution in [0.4, 0.5) is 16.2 Å². The van der Waals surface area contributed by atoms with E-state index in [-0.39, 0.29) is 11.8 Å².